The molecule has 2 amide bonds. The number of imide groups is 1. The van der Waals surface area contributed by atoms with Gasteiger partial charge in [-0.2, -0.15) is 0 Å². The molecule has 0 saturated carbocycles. The first kappa shape index (κ1) is 20.5. The maximum Gasteiger partial charge on any atom is 0.249 e. The molecule has 0 spiro atoms. The lowest BCUT2D eigenvalue weighted by molar-refractivity contribution is -0.134. The summed E-state index contributed by atoms with van der Waals surface area (Å²) in [6.45, 7) is 9.37. The van der Waals surface area contributed by atoms with E-state index in [-0.39, 0.29) is 17.9 Å². The van der Waals surface area contributed by atoms with E-state index in [4.69, 9.17) is 0 Å². The lowest BCUT2D eigenvalue weighted by Crippen LogP contribution is -2.52. The number of rotatable bonds is 6. The molecule has 4 nitrogen and oxygen atoms in total. The number of nitrogens with zero attached hydrogens (tertiary/aromatic N) is 1. The molecule has 1 atom stereocenters. The van der Waals surface area contributed by atoms with Gasteiger partial charge in [0.2, 0.25) is 11.8 Å². The topological polar surface area (TPSA) is 49.4 Å². The fourth-order valence-corrected chi connectivity index (χ4v) is 4.18. The summed E-state index contributed by atoms with van der Waals surface area (Å²) in [6, 6.07) is 6.60. The Morgan fingerprint density at radius 3 is 2.42 bits per heavy atom. The van der Waals surface area contributed by atoms with Crippen LogP contribution in [0, 0.1) is 0 Å². The van der Waals surface area contributed by atoms with Gasteiger partial charge in [0.25, 0.3) is 0 Å². The molecule has 2 aliphatic heterocycles. The monoisotopic (exact) mass is 358 g/mol. The highest BCUT2D eigenvalue weighted by molar-refractivity contribution is 6.01. The fraction of sp³-hybridized carbons (Fsp3) is 0.636. The Bertz CT molecular complexity index is 621. The van der Waals surface area contributed by atoms with Gasteiger partial charge in [0.1, 0.15) is 6.04 Å². The maximum absolute atomic E-state index is 12.2. The van der Waals surface area contributed by atoms with Crippen LogP contribution in [0.4, 0.5) is 5.69 Å². The molecular weight excluding hydrogens is 324 g/mol. The van der Waals surface area contributed by atoms with Crippen molar-refractivity contribution in [3.63, 3.8) is 0 Å². The number of fused-ring (bicyclic) bond motifs is 1. The van der Waals surface area contributed by atoms with Crippen molar-refractivity contribution in [1.82, 2.24) is 5.32 Å². The number of amides is 2. The zero-order valence-electron chi connectivity index (χ0n) is 16.8. The van der Waals surface area contributed by atoms with Gasteiger partial charge < -0.3 is 4.90 Å². The molecule has 4 heteroatoms. The van der Waals surface area contributed by atoms with Crippen molar-refractivity contribution in [3.05, 3.63) is 29.3 Å². The number of hydrogen-bond donors (Lipinski definition) is 1. The molecule has 0 bridgehead atoms. The zero-order valence-corrected chi connectivity index (χ0v) is 16.8. The van der Waals surface area contributed by atoms with Crippen LogP contribution in [-0.2, 0) is 16.0 Å². The van der Waals surface area contributed by atoms with Crippen LogP contribution in [0.1, 0.15) is 83.3 Å². The van der Waals surface area contributed by atoms with Crippen LogP contribution in [0.3, 0.4) is 0 Å². The molecule has 0 radical (unpaired) electrons. The minimum atomic E-state index is -0.197. The van der Waals surface area contributed by atoms with E-state index in [1.165, 1.54) is 42.5 Å². The van der Waals surface area contributed by atoms with E-state index in [0.29, 0.717) is 18.8 Å². The number of anilines is 1. The van der Waals surface area contributed by atoms with Crippen LogP contribution in [0.25, 0.3) is 0 Å². The van der Waals surface area contributed by atoms with E-state index in [2.05, 4.69) is 42.3 Å². The molecule has 1 saturated heterocycles. The van der Waals surface area contributed by atoms with E-state index in [1.807, 2.05) is 13.8 Å². The first-order valence-electron chi connectivity index (χ1n) is 10.4. The van der Waals surface area contributed by atoms with Gasteiger partial charge in [0.15, 0.2) is 0 Å². The highest BCUT2D eigenvalue weighted by Crippen LogP contribution is 2.36. The molecule has 1 N–H and O–H groups in total. The van der Waals surface area contributed by atoms with Gasteiger partial charge in [-0.15, -0.1) is 0 Å². The summed E-state index contributed by atoms with van der Waals surface area (Å²) in [6.07, 6.45) is 6.96. The van der Waals surface area contributed by atoms with Gasteiger partial charge in [0.05, 0.1) is 0 Å². The maximum atomic E-state index is 12.2. The zero-order chi connectivity index (χ0) is 19.1. The number of carbonyl (C=O) groups excluding carboxylic acids is 2. The highest BCUT2D eigenvalue weighted by atomic mass is 16.2. The third-order valence-electron chi connectivity index (χ3n) is 5.37. The Morgan fingerprint density at radius 1 is 1.12 bits per heavy atom. The number of piperidine rings is 1. The summed E-state index contributed by atoms with van der Waals surface area (Å²) in [4.78, 5) is 25.7. The summed E-state index contributed by atoms with van der Waals surface area (Å²) in [7, 11) is 0. The second kappa shape index (κ2) is 9.75. The van der Waals surface area contributed by atoms with E-state index in [9.17, 15) is 9.59 Å². The van der Waals surface area contributed by atoms with Crippen LogP contribution < -0.4 is 10.2 Å². The number of carbonyl (C=O) groups is 2. The Kier molecular flexibility index (Phi) is 7.67. The van der Waals surface area contributed by atoms with Gasteiger partial charge in [-0.05, 0) is 48.8 Å². The molecule has 0 aromatic heterocycles. The standard InChI is InChI=1S/C20H28N2O2.C2H6/c1-3-5-14(6-4-2)15-7-8-17-16(13-15)11-12-22(17)18-9-10-19(23)21-20(18)24;1-2/h7-8,13-14,18H,3-6,9-12H2,1-2H3,(H,21,23,24);1-2H3. The molecule has 26 heavy (non-hydrogen) atoms. The summed E-state index contributed by atoms with van der Waals surface area (Å²) in [5.41, 5.74) is 3.98. The molecule has 1 aromatic rings. The molecule has 144 valence electrons. The Labute approximate surface area is 158 Å². The van der Waals surface area contributed by atoms with Crippen LogP contribution in [0.5, 0.6) is 0 Å². The number of benzene rings is 1. The SMILES string of the molecule is CC.CCCC(CCC)c1ccc2c(c1)CCN2C1CCC(=O)NC1=O. The third kappa shape index (κ3) is 4.46. The van der Waals surface area contributed by atoms with E-state index in [1.54, 1.807) is 0 Å². The van der Waals surface area contributed by atoms with Crippen LogP contribution in [0.15, 0.2) is 18.2 Å². The predicted octanol–water partition coefficient (Wildman–Crippen LogP) is 4.56. The molecule has 1 unspecified atom stereocenters. The summed E-state index contributed by atoms with van der Waals surface area (Å²) >= 11 is 0. The van der Waals surface area contributed by atoms with Crippen molar-refractivity contribution < 1.29 is 9.59 Å². The third-order valence-corrected chi connectivity index (χ3v) is 5.37. The summed E-state index contributed by atoms with van der Waals surface area (Å²) < 4.78 is 0. The van der Waals surface area contributed by atoms with Crippen molar-refractivity contribution >= 4 is 17.5 Å². The van der Waals surface area contributed by atoms with E-state index >= 15 is 0 Å². The summed E-state index contributed by atoms with van der Waals surface area (Å²) in [5.74, 6) is 0.362. The second-order valence-corrected chi connectivity index (χ2v) is 7.07. The average Bonchev–Trinajstić information content (AvgIpc) is 3.06. The molecule has 3 rings (SSSR count). The van der Waals surface area contributed by atoms with Gasteiger partial charge in [-0.1, -0.05) is 52.7 Å². The molecule has 1 aromatic carbocycles. The van der Waals surface area contributed by atoms with Crippen LogP contribution in [0.2, 0.25) is 0 Å². The minimum Gasteiger partial charge on any atom is -0.359 e. The van der Waals surface area contributed by atoms with Crippen molar-refractivity contribution in [2.24, 2.45) is 0 Å². The average molecular weight is 359 g/mol. The molecule has 2 aliphatic rings. The molecule has 2 heterocycles. The Hall–Kier alpha value is -1.84. The van der Waals surface area contributed by atoms with Gasteiger partial charge in [-0.3, -0.25) is 14.9 Å². The first-order valence-corrected chi connectivity index (χ1v) is 10.4. The van der Waals surface area contributed by atoms with E-state index < -0.39 is 0 Å². The van der Waals surface area contributed by atoms with E-state index in [0.717, 1.165) is 13.0 Å². The van der Waals surface area contributed by atoms with Crippen molar-refractivity contribution in [1.29, 1.82) is 0 Å². The number of nitrogens with one attached hydrogen (secondary N) is 1. The van der Waals surface area contributed by atoms with Gasteiger partial charge >= 0.3 is 0 Å². The lowest BCUT2D eigenvalue weighted by atomic mass is 9.89. The largest absolute Gasteiger partial charge is 0.359 e. The molecule has 0 aliphatic carbocycles. The quantitative estimate of drug-likeness (QED) is 0.758. The van der Waals surface area contributed by atoms with Crippen molar-refractivity contribution in [2.75, 3.05) is 11.4 Å². The van der Waals surface area contributed by atoms with Crippen LogP contribution >= 0.6 is 0 Å². The highest BCUT2D eigenvalue weighted by Gasteiger charge is 2.35. The normalized spacial score (nSPS) is 19.1. The fourth-order valence-electron chi connectivity index (χ4n) is 4.18. The first-order chi connectivity index (χ1) is 12.6. The van der Waals surface area contributed by atoms with Gasteiger partial charge in [0, 0.05) is 18.7 Å². The smallest absolute Gasteiger partial charge is 0.249 e. The number of hydrogen-bond acceptors (Lipinski definition) is 3. The molecular formula is C22H34N2O2. The van der Waals surface area contributed by atoms with Crippen molar-refractivity contribution in [2.45, 2.75) is 84.6 Å². The second-order valence-electron chi connectivity index (χ2n) is 7.07. The lowest BCUT2D eigenvalue weighted by Gasteiger charge is -2.31. The Morgan fingerprint density at radius 2 is 1.81 bits per heavy atom. The Balaban J connectivity index is 0.00000117. The predicted molar refractivity (Wildman–Crippen MR) is 108 cm³/mol. The minimum absolute atomic E-state index is 0.141. The van der Waals surface area contributed by atoms with Crippen molar-refractivity contribution in [3.8, 4) is 0 Å². The van der Waals surface area contributed by atoms with Crippen LogP contribution in [-0.4, -0.2) is 24.4 Å². The summed E-state index contributed by atoms with van der Waals surface area (Å²) in [5, 5.41) is 2.48. The van der Waals surface area contributed by atoms with Gasteiger partial charge in [-0.25, -0.2) is 0 Å². The molecule has 1 fully saturated rings.